The topological polar surface area (TPSA) is 99.6 Å². The predicted molar refractivity (Wildman–Crippen MR) is 163 cm³/mol. The summed E-state index contributed by atoms with van der Waals surface area (Å²) in [6.07, 6.45) is 5.36. The number of esters is 1. The second kappa shape index (κ2) is 13.0. The fraction of sp³-hybridized carbons (Fsp3) is 0.606. The highest BCUT2D eigenvalue weighted by Crippen LogP contribution is 2.65. The minimum absolute atomic E-state index is 0.0133. The summed E-state index contributed by atoms with van der Waals surface area (Å²) >= 11 is 0. The van der Waals surface area contributed by atoms with Gasteiger partial charge in [-0.1, -0.05) is 19.1 Å². The molecule has 3 aliphatic heterocycles. The van der Waals surface area contributed by atoms with Crippen molar-refractivity contribution >= 4 is 29.2 Å². The highest BCUT2D eigenvalue weighted by Gasteiger charge is 2.80. The van der Waals surface area contributed by atoms with E-state index in [9.17, 15) is 19.5 Å². The number of likely N-dealkylation sites (tertiary alicyclic amines) is 1. The highest BCUT2D eigenvalue weighted by molar-refractivity contribution is 6.05. The van der Waals surface area contributed by atoms with Crippen molar-refractivity contribution in [3.63, 3.8) is 0 Å². The van der Waals surface area contributed by atoms with Gasteiger partial charge in [-0.05, 0) is 76.6 Å². The first-order valence-corrected chi connectivity index (χ1v) is 15.3. The van der Waals surface area contributed by atoms with Crippen molar-refractivity contribution in [2.45, 2.75) is 70.6 Å². The molecule has 6 atom stereocenters. The molecule has 3 heterocycles. The SMILES string of the molecule is C=CCCOC(=O)[C@H]1[C@H]2C(=O)N(CCCCO)C(C(=O)N(CC=C)c3ccc(N(CC)CC)cc3)C23CC(C)[C@]1(C)O3. The van der Waals surface area contributed by atoms with Gasteiger partial charge in [0.25, 0.3) is 5.91 Å². The average Bonchev–Trinajstić information content (AvgIpc) is 3.49. The number of rotatable bonds is 15. The van der Waals surface area contributed by atoms with Crippen molar-refractivity contribution in [1.82, 2.24) is 4.90 Å². The number of ether oxygens (including phenoxy) is 2. The van der Waals surface area contributed by atoms with Crippen LogP contribution < -0.4 is 9.80 Å². The number of fused-ring (bicyclic) bond motifs is 1. The third kappa shape index (κ3) is 5.26. The van der Waals surface area contributed by atoms with Gasteiger partial charge in [-0.3, -0.25) is 14.4 Å². The summed E-state index contributed by atoms with van der Waals surface area (Å²) in [6, 6.07) is 6.93. The second-order valence-corrected chi connectivity index (χ2v) is 11.8. The van der Waals surface area contributed by atoms with Crippen molar-refractivity contribution in [3.05, 3.63) is 49.6 Å². The third-order valence-electron chi connectivity index (χ3n) is 9.54. The van der Waals surface area contributed by atoms with Gasteiger partial charge in [-0.15, -0.1) is 13.2 Å². The number of hydrogen-bond acceptors (Lipinski definition) is 7. The molecule has 1 aromatic carbocycles. The lowest BCUT2D eigenvalue weighted by atomic mass is 9.62. The summed E-state index contributed by atoms with van der Waals surface area (Å²) in [4.78, 5) is 48.0. The molecule has 1 aromatic rings. The molecule has 2 amide bonds. The van der Waals surface area contributed by atoms with Crippen LogP contribution in [-0.2, 0) is 23.9 Å². The van der Waals surface area contributed by atoms with Gasteiger partial charge in [0, 0.05) is 44.2 Å². The van der Waals surface area contributed by atoms with Gasteiger partial charge in [0.15, 0.2) is 0 Å². The molecule has 0 aromatic heterocycles. The van der Waals surface area contributed by atoms with E-state index in [2.05, 4.69) is 31.9 Å². The number of benzene rings is 1. The van der Waals surface area contributed by atoms with Crippen LogP contribution in [0.25, 0.3) is 0 Å². The number of carbonyl (C=O) groups is 3. The van der Waals surface area contributed by atoms with Crippen molar-refractivity contribution in [1.29, 1.82) is 0 Å². The Balaban J connectivity index is 1.75. The van der Waals surface area contributed by atoms with Crippen LogP contribution in [0.4, 0.5) is 11.4 Å². The van der Waals surface area contributed by atoms with Crippen LogP contribution in [0.2, 0.25) is 0 Å². The summed E-state index contributed by atoms with van der Waals surface area (Å²) in [5.41, 5.74) is -0.335. The largest absolute Gasteiger partial charge is 0.465 e. The summed E-state index contributed by atoms with van der Waals surface area (Å²) in [6.45, 7) is 18.1. The van der Waals surface area contributed by atoms with Crippen molar-refractivity contribution in [3.8, 4) is 0 Å². The Kier molecular flexibility index (Phi) is 9.83. The molecule has 0 aliphatic carbocycles. The molecular weight excluding hydrogens is 534 g/mol. The molecule has 9 heteroatoms. The zero-order valence-electron chi connectivity index (χ0n) is 25.6. The number of aliphatic hydroxyl groups excluding tert-OH is 1. The van der Waals surface area contributed by atoms with Gasteiger partial charge < -0.3 is 29.3 Å². The van der Waals surface area contributed by atoms with Gasteiger partial charge >= 0.3 is 5.97 Å². The molecule has 3 aliphatic rings. The van der Waals surface area contributed by atoms with Gasteiger partial charge in [-0.2, -0.15) is 0 Å². The minimum atomic E-state index is -1.16. The fourth-order valence-electron chi connectivity index (χ4n) is 7.37. The predicted octanol–water partition coefficient (Wildman–Crippen LogP) is 3.95. The van der Waals surface area contributed by atoms with Gasteiger partial charge in [-0.25, -0.2) is 0 Å². The van der Waals surface area contributed by atoms with Gasteiger partial charge in [0.2, 0.25) is 5.91 Å². The van der Waals surface area contributed by atoms with E-state index in [4.69, 9.17) is 9.47 Å². The summed E-state index contributed by atoms with van der Waals surface area (Å²) in [7, 11) is 0. The summed E-state index contributed by atoms with van der Waals surface area (Å²) < 4.78 is 12.4. The van der Waals surface area contributed by atoms with E-state index in [0.29, 0.717) is 31.4 Å². The van der Waals surface area contributed by atoms with E-state index in [1.54, 1.807) is 22.0 Å². The number of carbonyl (C=O) groups excluding carboxylic acids is 3. The van der Waals surface area contributed by atoms with E-state index in [1.807, 2.05) is 38.1 Å². The fourth-order valence-corrected chi connectivity index (χ4v) is 7.37. The Hall–Kier alpha value is -3.17. The monoisotopic (exact) mass is 581 g/mol. The molecular formula is C33H47N3O6. The van der Waals surface area contributed by atoms with E-state index in [1.165, 1.54) is 0 Å². The summed E-state index contributed by atoms with van der Waals surface area (Å²) in [5, 5.41) is 9.45. The number of unbranched alkanes of at least 4 members (excludes halogenated alkanes) is 1. The highest BCUT2D eigenvalue weighted by atomic mass is 16.6. The quantitative estimate of drug-likeness (QED) is 0.190. The number of nitrogens with zero attached hydrogens (tertiary/aromatic N) is 3. The molecule has 42 heavy (non-hydrogen) atoms. The Morgan fingerprint density at radius 3 is 2.40 bits per heavy atom. The Morgan fingerprint density at radius 1 is 1.14 bits per heavy atom. The van der Waals surface area contributed by atoms with Crippen LogP contribution in [0.1, 0.15) is 53.4 Å². The third-order valence-corrected chi connectivity index (χ3v) is 9.54. The molecule has 0 saturated carbocycles. The van der Waals surface area contributed by atoms with Gasteiger partial charge in [0.05, 0.1) is 18.1 Å². The lowest BCUT2D eigenvalue weighted by Crippen LogP contribution is -2.57. The molecule has 4 rings (SSSR count). The van der Waals surface area contributed by atoms with Crippen LogP contribution in [0.3, 0.4) is 0 Å². The molecule has 230 valence electrons. The van der Waals surface area contributed by atoms with E-state index >= 15 is 0 Å². The maximum Gasteiger partial charge on any atom is 0.312 e. The zero-order valence-corrected chi connectivity index (χ0v) is 25.6. The normalized spacial score (nSPS) is 29.4. The Labute approximate surface area is 250 Å². The first kappa shape index (κ1) is 31.8. The lowest BCUT2D eigenvalue weighted by Gasteiger charge is -2.37. The Bertz CT molecular complexity index is 1170. The van der Waals surface area contributed by atoms with E-state index in [0.717, 1.165) is 18.8 Å². The van der Waals surface area contributed by atoms with Crippen molar-refractivity contribution < 1.29 is 29.0 Å². The number of hydrogen-bond donors (Lipinski definition) is 1. The van der Waals surface area contributed by atoms with E-state index < -0.39 is 35.0 Å². The molecule has 3 fully saturated rings. The zero-order chi connectivity index (χ0) is 30.7. The standard InChI is InChI=1S/C33H47N3O6/c1-7-11-21-41-31(40)27-26-29(38)36(19-12-13-20-37)28(33(26)22-23(5)32(27,6)42-33)30(39)35(18-8-2)25-16-14-24(15-17-25)34(9-3)10-4/h7-8,14-17,23,26-28,37H,1-2,9-13,18-22H2,3-6H3/t23?,26-,27+,28?,32-,33?/m0/s1. The maximum absolute atomic E-state index is 14.7. The maximum atomic E-state index is 14.7. The first-order valence-electron chi connectivity index (χ1n) is 15.3. The van der Waals surface area contributed by atoms with Crippen LogP contribution >= 0.6 is 0 Å². The van der Waals surface area contributed by atoms with E-state index in [-0.39, 0.29) is 44.0 Å². The van der Waals surface area contributed by atoms with Crippen LogP contribution in [0.15, 0.2) is 49.6 Å². The van der Waals surface area contributed by atoms with Crippen LogP contribution in [0.5, 0.6) is 0 Å². The first-order chi connectivity index (χ1) is 20.1. The molecule has 1 spiro atoms. The minimum Gasteiger partial charge on any atom is -0.465 e. The molecule has 0 radical (unpaired) electrons. The molecule has 3 saturated heterocycles. The van der Waals surface area contributed by atoms with Crippen molar-refractivity contribution in [2.24, 2.45) is 17.8 Å². The molecule has 9 nitrogen and oxygen atoms in total. The smallest absolute Gasteiger partial charge is 0.312 e. The average molecular weight is 582 g/mol. The Morgan fingerprint density at radius 2 is 1.81 bits per heavy atom. The second-order valence-electron chi connectivity index (χ2n) is 11.8. The number of aliphatic hydroxyl groups is 1. The lowest BCUT2D eigenvalue weighted by molar-refractivity contribution is -0.161. The van der Waals surface area contributed by atoms with Crippen LogP contribution in [0, 0.1) is 17.8 Å². The summed E-state index contributed by atoms with van der Waals surface area (Å²) in [5.74, 6) is -2.71. The van der Waals surface area contributed by atoms with Crippen molar-refractivity contribution in [2.75, 3.05) is 49.2 Å². The number of amides is 2. The number of anilines is 2. The van der Waals surface area contributed by atoms with Crippen LogP contribution in [-0.4, -0.2) is 84.4 Å². The van der Waals surface area contributed by atoms with Gasteiger partial charge in [0.1, 0.15) is 17.6 Å². The molecule has 2 bridgehead atoms. The molecule has 1 N–H and O–H groups in total. The molecule has 3 unspecified atom stereocenters.